The van der Waals surface area contributed by atoms with Crippen molar-refractivity contribution in [2.75, 3.05) is 26.4 Å². The fraction of sp³-hybridized carbons (Fsp3) is 0.680. The minimum absolute atomic E-state index is 0.187. The molecule has 32 heavy (non-hydrogen) atoms. The summed E-state index contributed by atoms with van der Waals surface area (Å²) in [5.41, 5.74) is 0.503. The molecule has 0 radical (unpaired) electrons. The van der Waals surface area contributed by atoms with Crippen molar-refractivity contribution in [3.05, 3.63) is 35.4 Å². The maximum Gasteiger partial charge on any atom is 0.413 e. The number of ether oxygens (including phenoxy) is 4. The van der Waals surface area contributed by atoms with Crippen LogP contribution in [0.2, 0.25) is 0 Å². The van der Waals surface area contributed by atoms with E-state index in [4.69, 9.17) is 18.9 Å². The monoisotopic (exact) mass is 447 g/mol. The third kappa shape index (κ3) is 5.62. The molecule has 7 heteroatoms. The van der Waals surface area contributed by atoms with Gasteiger partial charge in [-0.05, 0) is 71.4 Å². The van der Waals surface area contributed by atoms with Gasteiger partial charge in [-0.15, -0.1) is 0 Å². The molecule has 2 heterocycles. The first kappa shape index (κ1) is 24.5. The van der Waals surface area contributed by atoms with E-state index in [0.29, 0.717) is 26.4 Å². The summed E-state index contributed by atoms with van der Waals surface area (Å²) in [6.07, 6.45) is 1.27. The van der Waals surface area contributed by atoms with E-state index >= 15 is 0 Å². The van der Waals surface area contributed by atoms with Crippen molar-refractivity contribution < 1.29 is 28.5 Å². The summed E-state index contributed by atoms with van der Waals surface area (Å²) in [5, 5.41) is 0. The number of hydrogen-bond donors (Lipinski definition) is 0. The van der Waals surface area contributed by atoms with E-state index in [1.165, 1.54) is 0 Å². The second-order valence-corrected chi connectivity index (χ2v) is 9.97. The zero-order valence-electron chi connectivity index (χ0n) is 20.2. The molecule has 0 bridgehead atoms. The molecule has 178 valence electrons. The van der Waals surface area contributed by atoms with Crippen LogP contribution in [0.1, 0.15) is 77.5 Å². The first-order valence-corrected chi connectivity index (χ1v) is 11.5. The summed E-state index contributed by atoms with van der Waals surface area (Å²) in [7, 11) is 0. The molecule has 2 fully saturated rings. The second-order valence-electron chi connectivity index (χ2n) is 9.97. The zero-order valence-corrected chi connectivity index (χ0v) is 20.2. The Morgan fingerprint density at radius 3 is 2.34 bits per heavy atom. The lowest BCUT2D eigenvalue weighted by Crippen LogP contribution is -2.47. The molecule has 1 aromatic carbocycles. The highest BCUT2D eigenvalue weighted by Crippen LogP contribution is 2.39. The van der Waals surface area contributed by atoms with E-state index in [0.717, 1.165) is 24.0 Å². The highest BCUT2D eigenvalue weighted by molar-refractivity contribution is 5.78. The predicted octanol–water partition coefficient (Wildman–Crippen LogP) is 4.80. The van der Waals surface area contributed by atoms with Crippen LogP contribution in [0.3, 0.4) is 0 Å². The van der Waals surface area contributed by atoms with Crippen LogP contribution < -0.4 is 0 Å². The van der Waals surface area contributed by atoms with Crippen molar-refractivity contribution in [1.29, 1.82) is 0 Å². The number of esters is 1. The largest absolute Gasteiger partial charge is 0.466 e. The lowest BCUT2D eigenvalue weighted by atomic mass is 9.81. The summed E-state index contributed by atoms with van der Waals surface area (Å²) < 4.78 is 22.5. The highest BCUT2D eigenvalue weighted by Gasteiger charge is 2.46. The Bertz CT molecular complexity index is 792. The number of nitrogens with zero attached hydrogens (tertiary/aromatic N) is 1. The van der Waals surface area contributed by atoms with E-state index < -0.39 is 17.4 Å². The summed E-state index contributed by atoms with van der Waals surface area (Å²) in [6.45, 7) is 13.2. The molecule has 0 aromatic heterocycles. The van der Waals surface area contributed by atoms with Crippen LogP contribution in [0.5, 0.6) is 0 Å². The zero-order chi connectivity index (χ0) is 23.5. The molecule has 1 amide bonds. The van der Waals surface area contributed by atoms with Crippen molar-refractivity contribution in [3.63, 3.8) is 0 Å². The quantitative estimate of drug-likeness (QED) is 0.604. The van der Waals surface area contributed by atoms with E-state index in [-0.39, 0.29) is 23.8 Å². The van der Waals surface area contributed by atoms with Gasteiger partial charge in [0.05, 0.1) is 25.2 Å². The molecule has 0 saturated carbocycles. The van der Waals surface area contributed by atoms with Gasteiger partial charge in [-0.1, -0.05) is 24.3 Å². The summed E-state index contributed by atoms with van der Waals surface area (Å²) in [4.78, 5) is 27.4. The first-order chi connectivity index (χ1) is 15.0. The molecule has 1 aromatic rings. The Morgan fingerprint density at radius 1 is 1.16 bits per heavy atom. The maximum atomic E-state index is 13.0. The molecular formula is C25H37NO6. The minimum Gasteiger partial charge on any atom is -0.466 e. The van der Waals surface area contributed by atoms with Crippen molar-refractivity contribution in [3.8, 4) is 0 Å². The van der Waals surface area contributed by atoms with E-state index in [2.05, 4.69) is 0 Å². The molecule has 2 aliphatic heterocycles. The Kier molecular flexibility index (Phi) is 7.50. The van der Waals surface area contributed by atoms with Crippen molar-refractivity contribution in [1.82, 2.24) is 4.90 Å². The van der Waals surface area contributed by atoms with E-state index in [9.17, 15) is 9.59 Å². The van der Waals surface area contributed by atoms with Gasteiger partial charge in [0.1, 0.15) is 11.3 Å². The lowest BCUT2D eigenvalue weighted by molar-refractivity contribution is -0.147. The number of carbonyl (C=O) groups excluding carboxylic acids is 2. The molecule has 0 aliphatic carbocycles. The molecule has 2 atom stereocenters. The van der Waals surface area contributed by atoms with Gasteiger partial charge < -0.3 is 18.9 Å². The van der Waals surface area contributed by atoms with Crippen LogP contribution in [-0.2, 0) is 23.7 Å². The molecule has 1 unspecified atom stereocenters. The molecule has 2 aliphatic rings. The average Bonchev–Trinajstić information content (AvgIpc) is 3.03. The highest BCUT2D eigenvalue weighted by atomic mass is 16.6. The van der Waals surface area contributed by atoms with Gasteiger partial charge in [0, 0.05) is 13.2 Å². The van der Waals surface area contributed by atoms with Crippen LogP contribution in [-0.4, -0.2) is 54.7 Å². The van der Waals surface area contributed by atoms with Crippen LogP contribution in [0, 0.1) is 5.92 Å². The summed E-state index contributed by atoms with van der Waals surface area (Å²) in [5.74, 6) is -0.306. The van der Waals surface area contributed by atoms with Gasteiger partial charge in [0.15, 0.2) is 0 Å². The number of amides is 1. The molecule has 2 saturated heterocycles. The molecule has 3 rings (SSSR count). The van der Waals surface area contributed by atoms with Crippen LogP contribution in [0.15, 0.2) is 24.3 Å². The fourth-order valence-corrected chi connectivity index (χ4v) is 4.51. The average molecular weight is 448 g/mol. The van der Waals surface area contributed by atoms with Crippen molar-refractivity contribution in [2.45, 2.75) is 77.7 Å². The number of carbonyl (C=O) groups is 2. The second kappa shape index (κ2) is 9.79. The molecule has 0 spiro atoms. The van der Waals surface area contributed by atoms with Gasteiger partial charge in [-0.2, -0.15) is 0 Å². The van der Waals surface area contributed by atoms with E-state index in [1.54, 1.807) is 4.90 Å². The Hall–Kier alpha value is -2.12. The standard InChI is InChI=1S/C25H37NO6/c1-7-30-22(27)21(19-12-14-29-15-13-19)18-10-8-17(9-11-18)20-16-31-25(5,6)26(20)23(28)32-24(2,3)4/h8-11,19-21H,7,12-16H2,1-6H3/t20-,21?/m1/s1. The molecule has 7 nitrogen and oxygen atoms in total. The fourth-order valence-electron chi connectivity index (χ4n) is 4.51. The van der Waals surface area contributed by atoms with Gasteiger partial charge in [-0.25, -0.2) is 4.79 Å². The lowest BCUT2D eigenvalue weighted by Gasteiger charge is -2.35. The van der Waals surface area contributed by atoms with Crippen LogP contribution in [0.25, 0.3) is 0 Å². The van der Waals surface area contributed by atoms with Crippen molar-refractivity contribution in [2.24, 2.45) is 5.92 Å². The number of benzene rings is 1. The number of rotatable bonds is 5. The third-order valence-corrected chi connectivity index (χ3v) is 6.03. The topological polar surface area (TPSA) is 74.3 Å². The number of hydrogen-bond acceptors (Lipinski definition) is 6. The minimum atomic E-state index is -0.777. The smallest absolute Gasteiger partial charge is 0.413 e. The first-order valence-electron chi connectivity index (χ1n) is 11.5. The van der Waals surface area contributed by atoms with Gasteiger partial charge in [-0.3, -0.25) is 9.69 Å². The van der Waals surface area contributed by atoms with Gasteiger partial charge in [0.2, 0.25) is 0 Å². The SMILES string of the molecule is CCOC(=O)C(c1ccc([C@H]2COC(C)(C)N2C(=O)OC(C)(C)C)cc1)C1CCOCC1. The third-order valence-electron chi connectivity index (χ3n) is 6.03. The summed E-state index contributed by atoms with van der Waals surface area (Å²) in [6, 6.07) is 7.65. The summed E-state index contributed by atoms with van der Waals surface area (Å²) >= 11 is 0. The molecular weight excluding hydrogens is 410 g/mol. The normalized spacial score (nSPS) is 22.4. The van der Waals surface area contributed by atoms with Gasteiger partial charge in [0.25, 0.3) is 0 Å². The molecule has 0 N–H and O–H groups in total. The predicted molar refractivity (Wildman–Crippen MR) is 120 cm³/mol. The van der Waals surface area contributed by atoms with Crippen LogP contribution in [0.4, 0.5) is 4.79 Å². The van der Waals surface area contributed by atoms with E-state index in [1.807, 2.05) is 65.8 Å². The Morgan fingerprint density at radius 2 is 1.78 bits per heavy atom. The van der Waals surface area contributed by atoms with Crippen LogP contribution >= 0.6 is 0 Å². The van der Waals surface area contributed by atoms with Gasteiger partial charge >= 0.3 is 12.1 Å². The Balaban J connectivity index is 1.85. The maximum absolute atomic E-state index is 13.0. The Labute approximate surface area is 191 Å². The van der Waals surface area contributed by atoms with Crippen molar-refractivity contribution >= 4 is 12.1 Å².